The molecule has 94 valence electrons. The van der Waals surface area contributed by atoms with Crippen molar-refractivity contribution in [3.05, 3.63) is 28.2 Å². The summed E-state index contributed by atoms with van der Waals surface area (Å²) in [6.45, 7) is 3.93. The molecule has 0 amide bonds. The summed E-state index contributed by atoms with van der Waals surface area (Å²) in [5.41, 5.74) is 2.06. The van der Waals surface area contributed by atoms with Gasteiger partial charge >= 0.3 is 0 Å². The Morgan fingerprint density at radius 3 is 2.82 bits per heavy atom. The Labute approximate surface area is 110 Å². The van der Waals surface area contributed by atoms with E-state index in [1.807, 2.05) is 18.2 Å². The lowest BCUT2D eigenvalue weighted by Crippen LogP contribution is -2.20. The van der Waals surface area contributed by atoms with Gasteiger partial charge in [-0.3, -0.25) is 0 Å². The summed E-state index contributed by atoms with van der Waals surface area (Å²) >= 11 is 3.49. The molecule has 0 spiro atoms. The van der Waals surface area contributed by atoms with E-state index in [2.05, 4.69) is 20.8 Å². The Balaban J connectivity index is 2.15. The third-order valence-electron chi connectivity index (χ3n) is 3.34. The van der Waals surface area contributed by atoms with Crippen LogP contribution in [0.15, 0.2) is 22.7 Å². The Bertz CT molecular complexity index is 395. The van der Waals surface area contributed by atoms with E-state index in [0.717, 1.165) is 35.2 Å². The van der Waals surface area contributed by atoms with Crippen LogP contribution < -0.4 is 4.90 Å². The molecule has 2 rings (SSSR count). The van der Waals surface area contributed by atoms with E-state index in [1.165, 1.54) is 0 Å². The normalized spacial score (nSPS) is 21.9. The molecule has 1 unspecified atom stereocenters. The van der Waals surface area contributed by atoms with Gasteiger partial charge in [0.25, 0.3) is 0 Å². The van der Waals surface area contributed by atoms with Crippen LogP contribution in [0.2, 0.25) is 0 Å². The summed E-state index contributed by atoms with van der Waals surface area (Å²) in [6, 6.07) is 6.03. The van der Waals surface area contributed by atoms with Gasteiger partial charge in [-0.1, -0.05) is 22.0 Å². The maximum absolute atomic E-state index is 9.56. The highest BCUT2D eigenvalue weighted by molar-refractivity contribution is 9.10. The average molecular weight is 300 g/mol. The molecule has 1 aromatic rings. The summed E-state index contributed by atoms with van der Waals surface area (Å²) < 4.78 is 0.942. The van der Waals surface area contributed by atoms with Gasteiger partial charge in [0.05, 0.1) is 6.10 Å². The van der Waals surface area contributed by atoms with Gasteiger partial charge in [-0.2, -0.15) is 0 Å². The number of hydrogen-bond acceptors (Lipinski definition) is 3. The van der Waals surface area contributed by atoms with Crippen molar-refractivity contribution < 1.29 is 10.2 Å². The van der Waals surface area contributed by atoms with Gasteiger partial charge in [0.1, 0.15) is 0 Å². The first-order valence-electron chi connectivity index (χ1n) is 5.95. The van der Waals surface area contributed by atoms with Crippen LogP contribution in [0.25, 0.3) is 0 Å². The Morgan fingerprint density at radius 1 is 1.53 bits per heavy atom. The highest BCUT2D eigenvalue weighted by Crippen LogP contribution is 2.30. The highest BCUT2D eigenvalue weighted by Gasteiger charge is 2.22. The molecule has 1 aliphatic heterocycles. The largest absolute Gasteiger partial charge is 0.396 e. The SMILES string of the molecule is C[C@@H](O)c1ccc(N2CCC(CO)C2)cc1Br. The molecule has 17 heavy (non-hydrogen) atoms. The van der Waals surface area contributed by atoms with Crippen LogP contribution in [0.1, 0.15) is 25.0 Å². The Kier molecular flexibility index (Phi) is 4.07. The number of rotatable bonds is 3. The van der Waals surface area contributed by atoms with E-state index in [1.54, 1.807) is 6.92 Å². The number of anilines is 1. The van der Waals surface area contributed by atoms with Gasteiger partial charge in [-0.15, -0.1) is 0 Å². The zero-order chi connectivity index (χ0) is 12.4. The van der Waals surface area contributed by atoms with Crippen LogP contribution in [0.4, 0.5) is 5.69 Å². The second kappa shape index (κ2) is 5.38. The van der Waals surface area contributed by atoms with Crippen molar-refractivity contribution in [1.29, 1.82) is 0 Å². The highest BCUT2D eigenvalue weighted by atomic mass is 79.9. The van der Waals surface area contributed by atoms with Crippen molar-refractivity contribution in [2.45, 2.75) is 19.4 Å². The topological polar surface area (TPSA) is 43.7 Å². The molecule has 2 N–H and O–H groups in total. The molecule has 1 fully saturated rings. The molecule has 4 heteroatoms. The maximum Gasteiger partial charge on any atom is 0.0772 e. The first kappa shape index (κ1) is 12.9. The lowest BCUT2D eigenvalue weighted by atomic mass is 10.1. The number of hydrogen-bond donors (Lipinski definition) is 2. The summed E-state index contributed by atoms with van der Waals surface area (Å²) in [4.78, 5) is 2.28. The molecule has 0 aromatic heterocycles. The first-order valence-corrected chi connectivity index (χ1v) is 6.74. The molecule has 1 aromatic carbocycles. The Morgan fingerprint density at radius 2 is 2.29 bits per heavy atom. The fourth-order valence-corrected chi connectivity index (χ4v) is 2.97. The average Bonchev–Trinajstić information content (AvgIpc) is 2.76. The molecule has 2 atom stereocenters. The van der Waals surface area contributed by atoms with Crippen molar-refractivity contribution in [1.82, 2.24) is 0 Å². The van der Waals surface area contributed by atoms with Crippen LogP contribution in [-0.4, -0.2) is 29.9 Å². The van der Waals surface area contributed by atoms with Gasteiger partial charge in [0.15, 0.2) is 0 Å². The van der Waals surface area contributed by atoms with E-state index in [-0.39, 0.29) is 6.61 Å². The molecule has 1 heterocycles. The van der Waals surface area contributed by atoms with Crippen molar-refractivity contribution in [3.63, 3.8) is 0 Å². The van der Waals surface area contributed by atoms with Crippen molar-refractivity contribution in [2.24, 2.45) is 5.92 Å². The summed E-state index contributed by atoms with van der Waals surface area (Å²) in [5.74, 6) is 0.394. The van der Waals surface area contributed by atoms with E-state index >= 15 is 0 Å². The summed E-state index contributed by atoms with van der Waals surface area (Å²) in [7, 11) is 0. The van der Waals surface area contributed by atoms with Crippen molar-refractivity contribution in [2.75, 3.05) is 24.6 Å². The predicted molar refractivity (Wildman–Crippen MR) is 72.2 cm³/mol. The smallest absolute Gasteiger partial charge is 0.0772 e. The second-order valence-corrected chi connectivity index (χ2v) is 5.52. The fraction of sp³-hybridized carbons (Fsp3) is 0.538. The van der Waals surface area contributed by atoms with Crippen LogP contribution in [0, 0.1) is 5.92 Å². The Hall–Kier alpha value is -0.580. The van der Waals surface area contributed by atoms with Crippen LogP contribution in [-0.2, 0) is 0 Å². The van der Waals surface area contributed by atoms with Crippen molar-refractivity contribution in [3.8, 4) is 0 Å². The number of aliphatic hydroxyl groups excluding tert-OH is 2. The molecule has 0 aliphatic carbocycles. The molecular weight excluding hydrogens is 282 g/mol. The van der Waals surface area contributed by atoms with Gasteiger partial charge in [-0.25, -0.2) is 0 Å². The quantitative estimate of drug-likeness (QED) is 0.900. The standard InChI is InChI=1S/C13H18BrNO2/c1-9(17)12-3-2-11(6-13(12)14)15-5-4-10(7-15)8-16/h2-3,6,9-10,16-17H,4-5,7-8H2,1H3/t9-,10?/m1/s1. The van der Waals surface area contributed by atoms with E-state index in [9.17, 15) is 5.11 Å². The van der Waals surface area contributed by atoms with E-state index in [4.69, 9.17) is 5.11 Å². The monoisotopic (exact) mass is 299 g/mol. The maximum atomic E-state index is 9.56. The first-order chi connectivity index (χ1) is 8.11. The summed E-state index contributed by atoms with van der Waals surface area (Å²) in [5, 5.41) is 18.7. The second-order valence-electron chi connectivity index (χ2n) is 4.67. The minimum absolute atomic E-state index is 0.267. The third-order valence-corrected chi connectivity index (χ3v) is 4.03. The van der Waals surface area contributed by atoms with Gasteiger partial charge in [-0.05, 0) is 31.0 Å². The van der Waals surface area contributed by atoms with E-state index in [0.29, 0.717) is 5.92 Å². The molecular formula is C13H18BrNO2. The molecule has 1 aliphatic rings. The molecule has 1 saturated heterocycles. The molecule has 0 saturated carbocycles. The lowest BCUT2D eigenvalue weighted by Gasteiger charge is -2.20. The van der Waals surface area contributed by atoms with E-state index < -0.39 is 6.10 Å². The number of nitrogens with zero attached hydrogens (tertiary/aromatic N) is 1. The summed E-state index contributed by atoms with van der Waals surface area (Å²) in [6.07, 6.45) is 0.592. The number of benzene rings is 1. The predicted octanol–water partition coefficient (Wildman–Crippen LogP) is 2.32. The molecule has 0 bridgehead atoms. The number of halogens is 1. The van der Waals surface area contributed by atoms with Gasteiger partial charge in [0.2, 0.25) is 0 Å². The molecule has 0 radical (unpaired) electrons. The fourth-order valence-electron chi connectivity index (χ4n) is 2.27. The zero-order valence-corrected chi connectivity index (χ0v) is 11.5. The van der Waals surface area contributed by atoms with Gasteiger partial charge < -0.3 is 15.1 Å². The van der Waals surface area contributed by atoms with Gasteiger partial charge in [0, 0.05) is 35.8 Å². The lowest BCUT2D eigenvalue weighted by molar-refractivity contribution is 0.198. The zero-order valence-electron chi connectivity index (χ0n) is 9.93. The number of aliphatic hydroxyl groups is 2. The van der Waals surface area contributed by atoms with Crippen LogP contribution >= 0.6 is 15.9 Å². The minimum atomic E-state index is -0.456. The van der Waals surface area contributed by atoms with Crippen LogP contribution in [0.3, 0.4) is 0 Å². The minimum Gasteiger partial charge on any atom is -0.396 e. The third kappa shape index (κ3) is 2.81. The molecule has 3 nitrogen and oxygen atoms in total. The van der Waals surface area contributed by atoms with Crippen molar-refractivity contribution >= 4 is 21.6 Å². The van der Waals surface area contributed by atoms with Crippen LogP contribution in [0.5, 0.6) is 0 Å².